The molecule has 3 aromatic rings. The molecule has 2 bridgehead atoms. The van der Waals surface area contributed by atoms with Gasteiger partial charge in [-0.1, -0.05) is 29.8 Å². The van der Waals surface area contributed by atoms with Gasteiger partial charge in [-0.25, -0.2) is 0 Å². The van der Waals surface area contributed by atoms with E-state index in [1.54, 1.807) is 11.8 Å². The number of nitrogens with zero attached hydrogens (tertiary/aromatic N) is 3. The van der Waals surface area contributed by atoms with E-state index in [4.69, 9.17) is 16.3 Å². The second kappa shape index (κ2) is 6.50. The summed E-state index contributed by atoms with van der Waals surface area (Å²) in [5.41, 5.74) is 2.32. The van der Waals surface area contributed by atoms with E-state index in [-0.39, 0.29) is 11.0 Å². The van der Waals surface area contributed by atoms with Gasteiger partial charge in [0.25, 0.3) is 0 Å². The molecular formula is C21H22ClN3OS. The Morgan fingerprint density at radius 1 is 1.11 bits per heavy atom. The number of hydrogen-bond donors (Lipinski definition) is 0. The molecule has 140 valence electrons. The zero-order chi connectivity index (χ0) is 18.5. The van der Waals surface area contributed by atoms with E-state index in [2.05, 4.69) is 39.0 Å². The zero-order valence-corrected chi connectivity index (χ0v) is 16.9. The minimum absolute atomic E-state index is 0.0589. The van der Waals surface area contributed by atoms with Crippen molar-refractivity contribution in [3.8, 4) is 0 Å². The van der Waals surface area contributed by atoms with Crippen molar-refractivity contribution in [3.05, 3.63) is 59.0 Å². The van der Waals surface area contributed by atoms with E-state index in [9.17, 15) is 0 Å². The Labute approximate surface area is 168 Å². The zero-order valence-electron chi connectivity index (χ0n) is 15.3. The van der Waals surface area contributed by atoms with Gasteiger partial charge in [0.05, 0.1) is 10.6 Å². The van der Waals surface area contributed by atoms with Crippen LogP contribution < -0.4 is 0 Å². The van der Waals surface area contributed by atoms with Crippen LogP contribution >= 0.6 is 23.4 Å². The van der Waals surface area contributed by atoms with Crippen LogP contribution in [0.4, 0.5) is 0 Å². The molecule has 5 rings (SSSR count). The summed E-state index contributed by atoms with van der Waals surface area (Å²) in [5, 5.41) is 10.0. The smallest absolute Gasteiger partial charge is 0.164 e. The number of ether oxygens (including phenoxy) is 1. The van der Waals surface area contributed by atoms with Crippen molar-refractivity contribution in [2.45, 2.75) is 53.8 Å². The van der Waals surface area contributed by atoms with Crippen molar-refractivity contribution < 1.29 is 4.74 Å². The summed E-state index contributed by atoms with van der Waals surface area (Å²) in [7, 11) is 1.85. The maximum atomic E-state index is 6.30. The highest BCUT2D eigenvalue weighted by atomic mass is 35.5. The summed E-state index contributed by atoms with van der Waals surface area (Å²) in [4.78, 5) is 1.09. The molecule has 2 heterocycles. The SMILES string of the molecule is COC12CCC(c3nnc4c(CSc5ccccc5Cl)cccn34)(CC1)C2. The molecule has 27 heavy (non-hydrogen) atoms. The molecule has 2 saturated carbocycles. The fraction of sp³-hybridized carbons (Fsp3) is 0.429. The topological polar surface area (TPSA) is 39.4 Å². The third kappa shape index (κ3) is 2.79. The first-order valence-electron chi connectivity index (χ1n) is 9.40. The number of benzene rings is 1. The summed E-state index contributed by atoms with van der Waals surface area (Å²) in [6, 6.07) is 12.2. The molecule has 0 spiro atoms. The number of hydrogen-bond acceptors (Lipinski definition) is 4. The van der Waals surface area contributed by atoms with Crippen LogP contribution in [-0.2, 0) is 15.9 Å². The van der Waals surface area contributed by atoms with Gasteiger partial charge in [0.1, 0.15) is 5.82 Å². The van der Waals surface area contributed by atoms with E-state index in [0.29, 0.717) is 0 Å². The molecule has 2 aliphatic carbocycles. The Hall–Kier alpha value is -1.56. The quantitative estimate of drug-likeness (QED) is 0.547. The molecule has 2 aromatic heterocycles. The maximum absolute atomic E-state index is 6.30. The molecule has 0 saturated heterocycles. The summed E-state index contributed by atoms with van der Waals surface area (Å²) in [6.07, 6.45) is 7.70. The number of pyridine rings is 1. The summed E-state index contributed by atoms with van der Waals surface area (Å²) in [5.74, 6) is 1.93. The predicted octanol–water partition coefficient (Wildman–Crippen LogP) is 5.28. The normalized spacial score (nSPS) is 26.9. The van der Waals surface area contributed by atoms with E-state index >= 15 is 0 Å². The Bertz CT molecular complexity index is 994. The minimum atomic E-state index is 0.0589. The molecule has 4 nitrogen and oxygen atoms in total. The van der Waals surface area contributed by atoms with Gasteiger partial charge in [0.2, 0.25) is 0 Å². The first-order chi connectivity index (χ1) is 13.1. The second-order valence-electron chi connectivity index (χ2n) is 7.81. The van der Waals surface area contributed by atoms with Crippen LogP contribution in [0.2, 0.25) is 5.02 Å². The number of rotatable bonds is 5. The van der Waals surface area contributed by atoms with E-state index in [1.807, 2.05) is 25.3 Å². The average Bonchev–Trinajstić information content (AvgIpc) is 3.40. The van der Waals surface area contributed by atoms with Crippen molar-refractivity contribution in [1.82, 2.24) is 14.6 Å². The van der Waals surface area contributed by atoms with E-state index in [0.717, 1.165) is 59.2 Å². The van der Waals surface area contributed by atoms with Crippen molar-refractivity contribution >= 4 is 29.0 Å². The lowest BCUT2D eigenvalue weighted by atomic mass is 9.83. The average molecular weight is 400 g/mol. The maximum Gasteiger partial charge on any atom is 0.164 e. The standard InChI is InChI=1S/C21H22ClN3OS/c1-26-21-10-8-20(14-21,9-11-21)19-24-23-18-15(5-4-12-25(18)19)13-27-17-7-3-2-6-16(17)22/h2-7,12H,8-11,13-14H2,1H3. The van der Waals surface area contributed by atoms with Crippen LogP contribution in [0.5, 0.6) is 0 Å². The van der Waals surface area contributed by atoms with Crippen LogP contribution in [0.25, 0.3) is 5.65 Å². The highest BCUT2D eigenvalue weighted by Gasteiger charge is 2.57. The first kappa shape index (κ1) is 17.5. The molecule has 0 unspecified atom stereocenters. The molecule has 6 heteroatoms. The Kier molecular flexibility index (Phi) is 4.22. The molecule has 0 N–H and O–H groups in total. The molecule has 1 aromatic carbocycles. The Morgan fingerprint density at radius 3 is 2.67 bits per heavy atom. The first-order valence-corrected chi connectivity index (χ1v) is 10.8. The van der Waals surface area contributed by atoms with Crippen LogP contribution in [-0.4, -0.2) is 27.3 Å². The van der Waals surface area contributed by atoms with Crippen LogP contribution in [0.3, 0.4) is 0 Å². The fourth-order valence-electron chi connectivity index (χ4n) is 4.90. The van der Waals surface area contributed by atoms with Gasteiger partial charge < -0.3 is 4.74 Å². The Balaban J connectivity index is 1.47. The molecule has 2 fully saturated rings. The molecule has 0 aliphatic heterocycles. The lowest BCUT2D eigenvalue weighted by molar-refractivity contribution is -0.000309. The van der Waals surface area contributed by atoms with Gasteiger partial charge in [-0.2, -0.15) is 0 Å². The monoisotopic (exact) mass is 399 g/mol. The summed E-state index contributed by atoms with van der Waals surface area (Å²) < 4.78 is 8.08. The Morgan fingerprint density at radius 2 is 1.93 bits per heavy atom. The number of halogens is 1. The predicted molar refractivity (Wildman–Crippen MR) is 109 cm³/mol. The van der Waals surface area contributed by atoms with Gasteiger partial charge in [0.15, 0.2) is 5.65 Å². The molecule has 0 radical (unpaired) electrons. The number of fused-ring (bicyclic) bond motifs is 3. The van der Waals surface area contributed by atoms with Crippen LogP contribution in [0.15, 0.2) is 47.5 Å². The molecule has 0 amide bonds. The lowest BCUT2D eigenvalue weighted by Crippen LogP contribution is -2.24. The largest absolute Gasteiger partial charge is 0.378 e. The lowest BCUT2D eigenvalue weighted by Gasteiger charge is -2.25. The van der Waals surface area contributed by atoms with Gasteiger partial charge >= 0.3 is 0 Å². The van der Waals surface area contributed by atoms with Gasteiger partial charge in [-0.05, 0) is 50.3 Å². The van der Waals surface area contributed by atoms with Crippen molar-refractivity contribution in [3.63, 3.8) is 0 Å². The van der Waals surface area contributed by atoms with Crippen molar-refractivity contribution in [2.75, 3.05) is 7.11 Å². The van der Waals surface area contributed by atoms with Crippen LogP contribution in [0.1, 0.15) is 43.5 Å². The second-order valence-corrected chi connectivity index (χ2v) is 9.24. The highest BCUT2D eigenvalue weighted by Crippen LogP contribution is 2.58. The summed E-state index contributed by atoms with van der Waals surface area (Å²) in [6.45, 7) is 0. The van der Waals surface area contributed by atoms with Crippen molar-refractivity contribution in [2.24, 2.45) is 0 Å². The molecule has 0 atom stereocenters. The summed E-state index contributed by atoms with van der Waals surface area (Å²) >= 11 is 8.04. The number of aromatic nitrogens is 3. The molecular weight excluding hydrogens is 378 g/mol. The molecule has 2 aliphatic rings. The highest BCUT2D eigenvalue weighted by molar-refractivity contribution is 7.98. The van der Waals surface area contributed by atoms with Gasteiger partial charge in [-0.15, -0.1) is 22.0 Å². The third-order valence-electron chi connectivity index (χ3n) is 6.42. The minimum Gasteiger partial charge on any atom is -0.378 e. The van der Waals surface area contributed by atoms with E-state index in [1.165, 1.54) is 5.56 Å². The van der Waals surface area contributed by atoms with Gasteiger partial charge in [0, 0.05) is 34.9 Å². The fourth-order valence-corrected chi connectivity index (χ4v) is 6.11. The van der Waals surface area contributed by atoms with Crippen molar-refractivity contribution in [1.29, 1.82) is 0 Å². The third-order valence-corrected chi connectivity index (χ3v) is 7.99. The number of thioether (sulfide) groups is 1. The van der Waals surface area contributed by atoms with E-state index < -0.39 is 0 Å². The van der Waals surface area contributed by atoms with Crippen LogP contribution in [0, 0.1) is 0 Å². The number of methoxy groups -OCH3 is 1. The van der Waals surface area contributed by atoms with Gasteiger partial charge in [-0.3, -0.25) is 4.40 Å².